The SMILES string of the molecule is CCN1CCN(C(=O)CC(c2ccc(F)cc2)c2cn(Cc3ccc(F)cc3)c3ccccc23)CC1. The van der Waals surface area contributed by atoms with Gasteiger partial charge in [0, 0.05) is 62.2 Å². The van der Waals surface area contributed by atoms with E-state index in [0.717, 1.165) is 60.3 Å². The first-order valence-electron chi connectivity index (χ1n) is 12.6. The summed E-state index contributed by atoms with van der Waals surface area (Å²) >= 11 is 0. The van der Waals surface area contributed by atoms with Gasteiger partial charge in [0.1, 0.15) is 11.6 Å². The van der Waals surface area contributed by atoms with Crippen molar-refractivity contribution in [2.24, 2.45) is 0 Å². The zero-order valence-electron chi connectivity index (χ0n) is 20.5. The van der Waals surface area contributed by atoms with Gasteiger partial charge >= 0.3 is 0 Å². The predicted octanol–water partition coefficient (Wildman–Crippen LogP) is 5.65. The summed E-state index contributed by atoms with van der Waals surface area (Å²) in [6.07, 6.45) is 2.42. The Balaban J connectivity index is 1.50. The third-order valence-corrected chi connectivity index (χ3v) is 7.28. The molecule has 0 bridgehead atoms. The molecule has 2 heterocycles. The molecule has 0 N–H and O–H groups in total. The quantitative estimate of drug-likeness (QED) is 0.337. The van der Waals surface area contributed by atoms with Crippen LogP contribution < -0.4 is 0 Å². The Kier molecular flexibility index (Phi) is 7.14. The van der Waals surface area contributed by atoms with Crippen molar-refractivity contribution in [1.29, 1.82) is 0 Å². The molecule has 36 heavy (non-hydrogen) atoms. The highest BCUT2D eigenvalue weighted by Crippen LogP contribution is 2.36. The number of piperazine rings is 1. The van der Waals surface area contributed by atoms with Crippen molar-refractivity contribution < 1.29 is 13.6 Å². The minimum absolute atomic E-state index is 0.121. The van der Waals surface area contributed by atoms with Crippen molar-refractivity contribution in [3.8, 4) is 0 Å². The molecular weight excluding hydrogens is 456 g/mol. The van der Waals surface area contributed by atoms with Gasteiger partial charge in [-0.15, -0.1) is 0 Å². The summed E-state index contributed by atoms with van der Waals surface area (Å²) < 4.78 is 29.4. The van der Waals surface area contributed by atoms with E-state index in [4.69, 9.17) is 0 Å². The van der Waals surface area contributed by atoms with Gasteiger partial charge < -0.3 is 14.4 Å². The first-order chi connectivity index (χ1) is 17.5. The second kappa shape index (κ2) is 10.6. The van der Waals surface area contributed by atoms with Gasteiger partial charge in [-0.1, -0.05) is 49.4 Å². The van der Waals surface area contributed by atoms with E-state index in [1.54, 1.807) is 24.3 Å². The first-order valence-corrected chi connectivity index (χ1v) is 12.6. The Hall–Kier alpha value is -3.51. The van der Waals surface area contributed by atoms with Crippen LogP contribution in [0.4, 0.5) is 8.78 Å². The number of aromatic nitrogens is 1. The maximum atomic E-state index is 13.8. The van der Waals surface area contributed by atoms with Crippen molar-refractivity contribution in [3.05, 3.63) is 107 Å². The molecule has 1 amide bonds. The Morgan fingerprint density at radius 1 is 0.861 bits per heavy atom. The monoisotopic (exact) mass is 487 g/mol. The van der Waals surface area contributed by atoms with Crippen LogP contribution in [-0.2, 0) is 11.3 Å². The number of nitrogens with zero attached hydrogens (tertiary/aromatic N) is 3. The number of carbonyl (C=O) groups excluding carboxylic acids is 1. The molecule has 1 aliphatic heterocycles. The predicted molar refractivity (Wildman–Crippen MR) is 139 cm³/mol. The molecule has 1 saturated heterocycles. The first kappa shape index (κ1) is 24.2. The number of halogens is 2. The van der Waals surface area contributed by atoms with Crippen LogP contribution in [0.5, 0.6) is 0 Å². The van der Waals surface area contributed by atoms with Crippen LogP contribution in [-0.4, -0.2) is 53.0 Å². The summed E-state index contributed by atoms with van der Waals surface area (Å²) in [5.41, 5.74) is 4.00. The lowest BCUT2D eigenvalue weighted by Gasteiger charge is -2.34. The van der Waals surface area contributed by atoms with Crippen molar-refractivity contribution in [2.75, 3.05) is 32.7 Å². The fourth-order valence-electron chi connectivity index (χ4n) is 5.19. The molecule has 4 nitrogen and oxygen atoms in total. The Bertz CT molecular complexity index is 1320. The van der Waals surface area contributed by atoms with Crippen LogP contribution >= 0.6 is 0 Å². The van der Waals surface area contributed by atoms with Crippen molar-refractivity contribution >= 4 is 16.8 Å². The molecule has 0 spiro atoms. The summed E-state index contributed by atoms with van der Waals surface area (Å²) in [6, 6.07) is 21.2. The van der Waals surface area contributed by atoms with Gasteiger partial charge in [0.25, 0.3) is 0 Å². The third kappa shape index (κ3) is 5.19. The van der Waals surface area contributed by atoms with Gasteiger partial charge in [-0.3, -0.25) is 4.79 Å². The average Bonchev–Trinajstić information content (AvgIpc) is 3.27. The van der Waals surface area contributed by atoms with Crippen LogP contribution in [0, 0.1) is 11.6 Å². The van der Waals surface area contributed by atoms with Gasteiger partial charge in [-0.25, -0.2) is 8.78 Å². The maximum Gasteiger partial charge on any atom is 0.223 e. The van der Waals surface area contributed by atoms with E-state index in [0.29, 0.717) is 13.0 Å². The van der Waals surface area contributed by atoms with Crippen LogP contribution in [0.25, 0.3) is 10.9 Å². The van der Waals surface area contributed by atoms with Crippen molar-refractivity contribution in [3.63, 3.8) is 0 Å². The number of para-hydroxylation sites is 1. The fourth-order valence-corrected chi connectivity index (χ4v) is 5.19. The number of likely N-dealkylation sites (N-methyl/N-ethyl adjacent to an activating group) is 1. The van der Waals surface area contributed by atoms with Gasteiger partial charge in [0.05, 0.1) is 0 Å². The van der Waals surface area contributed by atoms with E-state index in [2.05, 4.69) is 34.7 Å². The van der Waals surface area contributed by atoms with Gasteiger partial charge in [-0.05, 0) is 53.6 Å². The van der Waals surface area contributed by atoms with Crippen LogP contribution in [0.15, 0.2) is 79.0 Å². The molecule has 6 heteroatoms. The highest BCUT2D eigenvalue weighted by atomic mass is 19.1. The molecule has 0 aliphatic carbocycles. The Morgan fingerprint density at radius 2 is 1.50 bits per heavy atom. The average molecular weight is 488 g/mol. The molecule has 4 aromatic rings. The van der Waals surface area contributed by atoms with Crippen LogP contribution in [0.1, 0.15) is 36.0 Å². The number of hydrogen-bond acceptors (Lipinski definition) is 2. The molecule has 3 aromatic carbocycles. The maximum absolute atomic E-state index is 13.8. The molecule has 1 aliphatic rings. The van der Waals surface area contributed by atoms with Gasteiger partial charge in [0.15, 0.2) is 0 Å². The number of fused-ring (bicyclic) bond motifs is 1. The number of benzene rings is 3. The number of hydrogen-bond donors (Lipinski definition) is 0. The Labute approximate surface area is 210 Å². The molecule has 5 rings (SSSR count). The third-order valence-electron chi connectivity index (χ3n) is 7.28. The number of carbonyl (C=O) groups is 1. The minimum atomic E-state index is -0.293. The second-order valence-corrected chi connectivity index (χ2v) is 9.48. The van der Waals surface area contributed by atoms with E-state index in [1.807, 2.05) is 17.0 Å². The van der Waals surface area contributed by atoms with Crippen molar-refractivity contribution in [1.82, 2.24) is 14.4 Å². The highest BCUT2D eigenvalue weighted by Gasteiger charge is 2.27. The lowest BCUT2D eigenvalue weighted by atomic mass is 9.87. The summed E-state index contributed by atoms with van der Waals surface area (Å²) in [5.74, 6) is -0.637. The van der Waals surface area contributed by atoms with Gasteiger partial charge in [0.2, 0.25) is 5.91 Å². The number of amides is 1. The zero-order chi connectivity index (χ0) is 25.1. The number of rotatable bonds is 7. The summed E-state index contributed by atoms with van der Waals surface area (Å²) in [5, 5.41) is 1.07. The van der Waals surface area contributed by atoms with E-state index < -0.39 is 0 Å². The van der Waals surface area contributed by atoms with Crippen LogP contribution in [0.2, 0.25) is 0 Å². The van der Waals surface area contributed by atoms with Crippen molar-refractivity contribution in [2.45, 2.75) is 25.8 Å². The molecule has 1 fully saturated rings. The molecule has 1 atom stereocenters. The smallest absolute Gasteiger partial charge is 0.223 e. The minimum Gasteiger partial charge on any atom is -0.343 e. The molecule has 0 saturated carbocycles. The summed E-state index contributed by atoms with van der Waals surface area (Å²) in [7, 11) is 0. The molecule has 0 radical (unpaired) electrons. The van der Waals surface area contributed by atoms with Crippen LogP contribution in [0.3, 0.4) is 0 Å². The standard InChI is InChI=1S/C30H31F2N3O/c1-2-33-15-17-34(18-16-33)30(36)19-27(23-9-13-25(32)14-10-23)28-21-35(29-6-4-3-5-26(28)29)20-22-7-11-24(31)12-8-22/h3-14,21,27H,2,15-20H2,1H3. The molecular formula is C30H31F2N3O. The second-order valence-electron chi connectivity index (χ2n) is 9.48. The molecule has 186 valence electrons. The highest BCUT2D eigenvalue weighted by molar-refractivity contribution is 5.87. The van der Waals surface area contributed by atoms with E-state index in [9.17, 15) is 13.6 Å². The zero-order valence-corrected chi connectivity index (χ0v) is 20.5. The van der Waals surface area contributed by atoms with E-state index in [-0.39, 0.29) is 23.5 Å². The lowest BCUT2D eigenvalue weighted by Crippen LogP contribution is -2.48. The van der Waals surface area contributed by atoms with Gasteiger partial charge in [-0.2, -0.15) is 0 Å². The van der Waals surface area contributed by atoms with E-state index in [1.165, 1.54) is 24.3 Å². The normalized spacial score (nSPS) is 15.4. The van der Waals surface area contributed by atoms with E-state index >= 15 is 0 Å². The Morgan fingerprint density at radius 3 is 2.17 bits per heavy atom. The molecule has 1 unspecified atom stereocenters. The lowest BCUT2D eigenvalue weighted by molar-refractivity contribution is -0.133. The summed E-state index contributed by atoms with van der Waals surface area (Å²) in [4.78, 5) is 17.8. The molecule has 1 aromatic heterocycles. The topological polar surface area (TPSA) is 28.5 Å². The largest absolute Gasteiger partial charge is 0.343 e. The summed E-state index contributed by atoms with van der Waals surface area (Å²) in [6.45, 7) is 6.96. The fraction of sp³-hybridized carbons (Fsp3) is 0.300.